The molecule has 5 N–H and O–H groups in total. The Kier molecular flexibility index (Phi) is 15.9. The van der Waals surface area contributed by atoms with Crippen LogP contribution in [0.5, 0.6) is 0 Å². The number of carbonyl (C=O) groups is 4. The maximum absolute atomic E-state index is 14.1. The number of hydrogen-bond donors (Lipinski definition) is 4. The number of ether oxygens (including phenoxy) is 3. The van der Waals surface area contributed by atoms with E-state index < -0.39 is 53.9 Å². The average Bonchev–Trinajstić information content (AvgIpc) is 3.16. The number of primary amides is 1. The second kappa shape index (κ2) is 20.3. The van der Waals surface area contributed by atoms with E-state index in [1.807, 2.05) is 19.9 Å². The fraction of sp³-hybridized carbons (Fsp3) is 0.488. The van der Waals surface area contributed by atoms with Crippen LogP contribution in [0, 0.1) is 11.8 Å². The van der Waals surface area contributed by atoms with Crippen molar-refractivity contribution in [3.8, 4) is 0 Å². The molecule has 2 aliphatic carbocycles. The van der Waals surface area contributed by atoms with Gasteiger partial charge in [-0.25, -0.2) is 4.79 Å². The van der Waals surface area contributed by atoms with E-state index in [0.717, 1.165) is 19.3 Å². The Balaban J connectivity index is 1.64. The van der Waals surface area contributed by atoms with Crippen molar-refractivity contribution in [1.29, 1.82) is 0 Å². The van der Waals surface area contributed by atoms with Crippen LogP contribution in [0.4, 0.5) is 4.79 Å². The summed E-state index contributed by atoms with van der Waals surface area (Å²) in [5.74, 6) is -2.12. The van der Waals surface area contributed by atoms with E-state index in [2.05, 4.69) is 46.4 Å². The van der Waals surface area contributed by atoms with Gasteiger partial charge in [0.15, 0.2) is 6.10 Å². The van der Waals surface area contributed by atoms with Gasteiger partial charge in [0, 0.05) is 63.0 Å². The van der Waals surface area contributed by atoms with Crippen LogP contribution in [0.2, 0.25) is 0 Å². The van der Waals surface area contributed by atoms with E-state index in [-0.39, 0.29) is 34.9 Å². The van der Waals surface area contributed by atoms with E-state index in [4.69, 9.17) is 19.9 Å². The number of aryl methyl sites for hydroxylation is 1. The number of Topliss-reactive ketones (excluding diaryl/α,β-unsaturated/α-hetero) is 1. The molecule has 1 aromatic rings. The van der Waals surface area contributed by atoms with Gasteiger partial charge < -0.3 is 35.7 Å². The Labute approximate surface area is 325 Å². The highest BCUT2D eigenvalue weighted by atomic mass is 16.6. The molecule has 1 aliphatic heterocycles. The van der Waals surface area contributed by atoms with Gasteiger partial charge in [0.05, 0.1) is 23.6 Å². The van der Waals surface area contributed by atoms with Crippen LogP contribution in [-0.4, -0.2) is 97.9 Å². The number of allylic oxidation sites excluding steroid dienone is 4. The number of fused-ring (bicyclic) bond motifs is 3. The monoisotopic (exact) mass is 758 g/mol. The van der Waals surface area contributed by atoms with Crippen molar-refractivity contribution in [2.75, 3.05) is 33.9 Å². The number of benzene rings is 1. The Hall–Kier alpha value is -4.62. The molecule has 55 heavy (non-hydrogen) atoms. The first-order chi connectivity index (χ1) is 26.3. The summed E-state index contributed by atoms with van der Waals surface area (Å²) in [6.07, 6.45) is 8.67. The number of nitrogens with zero attached hydrogens (tertiary/aromatic N) is 1. The Morgan fingerprint density at radius 1 is 1.11 bits per heavy atom. The summed E-state index contributed by atoms with van der Waals surface area (Å²) in [5, 5.41) is 17.4. The van der Waals surface area contributed by atoms with Crippen molar-refractivity contribution in [2.45, 2.75) is 90.3 Å². The molecule has 3 aliphatic rings. The maximum atomic E-state index is 14.1. The molecular formula is C43H58N4O8. The first-order valence-corrected chi connectivity index (χ1v) is 19.0. The Bertz CT molecular complexity index is 1740. The summed E-state index contributed by atoms with van der Waals surface area (Å²) in [5.41, 5.74) is 9.33. The topological polar surface area (TPSA) is 170 Å². The highest BCUT2D eigenvalue weighted by Crippen LogP contribution is 2.29. The lowest BCUT2D eigenvalue weighted by molar-refractivity contribution is -0.120. The molecule has 0 aromatic heterocycles. The largest absolute Gasteiger partial charge is 0.439 e. The smallest absolute Gasteiger partial charge is 0.405 e. The second-order valence-electron chi connectivity index (χ2n) is 14.8. The van der Waals surface area contributed by atoms with Crippen molar-refractivity contribution < 1.29 is 38.5 Å². The number of nitrogens with two attached hydrogens (primary N) is 1. The van der Waals surface area contributed by atoms with Crippen LogP contribution in [0.3, 0.4) is 0 Å². The number of ketones is 2. The van der Waals surface area contributed by atoms with Crippen molar-refractivity contribution in [2.24, 2.45) is 17.6 Å². The Morgan fingerprint density at radius 2 is 1.84 bits per heavy atom. The third-order valence-corrected chi connectivity index (χ3v) is 10.7. The van der Waals surface area contributed by atoms with Gasteiger partial charge in [-0.1, -0.05) is 68.5 Å². The quantitative estimate of drug-likeness (QED) is 0.198. The van der Waals surface area contributed by atoms with Crippen LogP contribution in [-0.2, 0) is 41.4 Å². The molecule has 1 heterocycles. The molecule has 12 nitrogen and oxygen atoms in total. The van der Waals surface area contributed by atoms with Crippen LogP contribution in [0.25, 0.3) is 0 Å². The van der Waals surface area contributed by atoms with Crippen LogP contribution in [0.1, 0.15) is 58.1 Å². The van der Waals surface area contributed by atoms with Crippen molar-refractivity contribution in [3.63, 3.8) is 0 Å². The van der Waals surface area contributed by atoms with Gasteiger partial charge in [-0.05, 0) is 68.6 Å². The van der Waals surface area contributed by atoms with E-state index >= 15 is 0 Å². The second-order valence-corrected chi connectivity index (χ2v) is 14.8. The number of amides is 2. The zero-order valence-corrected chi connectivity index (χ0v) is 33.0. The molecule has 2 bridgehead atoms. The average molecular weight is 759 g/mol. The van der Waals surface area contributed by atoms with Gasteiger partial charge >= 0.3 is 6.09 Å². The zero-order valence-electron chi connectivity index (χ0n) is 33.0. The lowest BCUT2D eigenvalue weighted by Crippen LogP contribution is -2.44. The number of carbonyl (C=O) groups excluding carboxylic acids is 4. The number of hydrogen-bond acceptors (Lipinski definition) is 10. The third-order valence-electron chi connectivity index (χ3n) is 10.7. The van der Waals surface area contributed by atoms with Crippen LogP contribution < -0.4 is 16.4 Å². The van der Waals surface area contributed by atoms with Crippen molar-refractivity contribution >= 4 is 23.6 Å². The number of aliphatic hydroxyl groups is 1. The fourth-order valence-electron chi connectivity index (χ4n) is 7.68. The molecule has 0 saturated heterocycles. The van der Waals surface area contributed by atoms with E-state index in [1.54, 1.807) is 32.1 Å². The summed E-state index contributed by atoms with van der Waals surface area (Å²) in [4.78, 5) is 55.5. The lowest BCUT2D eigenvalue weighted by atomic mass is 9.85. The summed E-state index contributed by atoms with van der Waals surface area (Å²) in [6, 6.07) is 8.83. The summed E-state index contributed by atoms with van der Waals surface area (Å²) in [7, 11) is 2.95. The SMILES string of the molecule is C=CCN(CCNC1=C2C[C@@H](C)C[C@H](OC)[C@H](O)[C@@H](C)/C=C(\C)[C@H](OC(N)=O)[C@@H](OC)/C=C\C=C(/C)C(=O)NC(=CC1=O)C2=O)C1CCc2ccccc2C1. The molecule has 4 rings (SSSR count). The molecule has 7 atom stereocenters. The number of methoxy groups -OCH3 is 2. The normalized spacial score (nSPS) is 29.6. The predicted molar refractivity (Wildman–Crippen MR) is 212 cm³/mol. The standard InChI is InChI=1S/C43H58N4O8/c1-8-19-47(32-17-16-30-13-9-10-14-31(30)24-32)20-18-45-38-33-21-26(2)22-37(54-7)39(49)28(4)23-29(5)41(55-43(44)52)36(53-6)15-11-12-27(3)42(51)46-34(40(33)50)25-35(38)48/h8-15,23,25-26,28,32,36-37,39,41,45,49H,1,16-22,24H2,2-7H3,(H2,44,52)(H,46,51)/b15-11-,27-12+,29-23+/t26-,28+,32?,36+,37+,39-,41+/m1/s1. The highest BCUT2D eigenvalue weighted by molar-refractivity contribution is 6.23. The summed E-state index contributed by atoms with van der Waals surface area (Å²) in [6.45, 7) is 12.8. The minimum atomic E-state index is -0.999. The van der Waals surface area contributed by atoms with E-state index in [1.165, 1.54) is 37.5 Å². The molecule has 0 spiro atoms. The van der Waals surface area contributed by atoms with Gasteiger partial charge in [0.2, 0.25) is 11.6 Å². The minimum Gasteiger partial charge on any atom is -0.439 e. The number of rotatable bonds is 10. The highest BCUT2D eigenvalue weighted by Gasteiger charge is 2.34. The number of aliphatic hydroxyl groups excluding tert-OH is 1. The maximum Gasteiger partial charge on any atom is 0.405 e. The van der Waals surface area contributed by atoms with Gasteiger partial charge in [0.25, 0.3) is 5.91 Å². The first-order valence-electron chi connectivity index (χ1n) is 19.0. The van der Waals surface area contributed by atoms with Crippen molar-refractivity contribution in [1.82, 2.24) is 15.5 Å². The predicted octanol–water partition coefficient (Wildman–Crippen LogP) is 4.40. The van der Waals surface area contributed by atoms with Gasteiger partial charge in [0.1, 0.15) is 6.10 Å². The summed E-state index contributed by atoms with van der Waals surface area (Å²) < 4.78 is 16.8. The minimum absolute atomic E-state index is 0.118. The zero-order chi connectivity index (χ0) is 40.2. The van der Waals surface area contributed by atoms with Gasteiger partial charge in [-0.2, -0.15) is 0 Å². The van der Waals surface area contributed by atoms with E-state index in [9.17, 15) is 24.3 Å². The molecular weight excluding hydrogens is 700 g/mol. The summed E-state index contributed by atoms with van der Waals surface area (Å²) >= 11 is 0. The Morgan fingerprint density at radius 3 is 2.51 bits per heavy atom. The molecule has 1 aromatic carbocycles. The molecule has 0 radical (unpaired) electrons. The molecule has 2 amide bonds. The third kappa shape index (κ3) is 11.5. The molecule has 0 saturated carbocycles. The van der Waals surface area contributed by atoms with Gasteiger partial charge in [-0.3, -0.25) is 19.3 Å². The molecule has 0 fully saturated rings. The van der Waals surface area contributed by atoms with Crippen LogP contribution >= 0.6 is 0 Å². The van der Waals surface area contributed by atoms with Crippen molar-refractivity contribution in [3.05, 3.63) is 107 Å². The number of nitrogens with one attached hydrogen (secondary N) is 2. The van der Waals surface area contributed by atoms with Crippen LogP contribution in [0.15, 0.2) is 95.4 Å². The fourth-order valence-corrected chi connectivity index (χ4v) is 7.68. The first kappa shape index (κ1) is 43.1. The van der Waals surface area contributed by atoms with Gasteiger partial charge in [-0.15, -0.1) is 6.58 Å². The lowest BCUT2D eigenvalue weighted by Gasteiger charge is -2.35. The molecule has 1 unspecified atom stereocenters. The van der Waals surface area contributed by atoms with E-state index in [0.29, 0.717) is 37.7 Å². The molecule has 298 valence electrons. The molecule has 12 heteroatoms.